The van der Waals surface area contributed by atoms with Crippen molar-refractivity contribution >= 4 is 29.3 Å². The summed E-state index contributed by atoms with van der Waals surface area (Å²) in [4.78, 5) is 39.3. The molecule has 1 saturated carbocycles. The Hall–Kier alpha value is -4.23. The van der Waals surface area contributed by atoms with E-state index in [4.69, 9.17) is 15.2 Å². The van der Waals surface area contributed by atoms with Crippen molar-refractivity contribution in [2.24, 2.45) is 11.7 Å². The van der Waals surface area contributed by atoms with Gasteiger partial charge in [0.1, 0.15) is 30.2 Å². The van der Waals surface area contributed by atoms with Crippen molar-refractivity contribution in [2.45, 2.75) is 140 Å². The van der Waals surface area contributed by atoms with Gasteiger partial charge in [-0.2, -0.15) is 0 Å². The highest BCUT2D eigenvalue weighted by Gasteiger charge is 2.42. The van der Waals surface area contributed by atoms with Gasteiger partial charge in [0.2, 0.25) is 5.91 Å². The molecule has 7 atom stereocenters. The highest BCUT2D eigenvalue weighted by atomic mass is 16.5. The molecule has 2 saturated heterocycles. The Kier molecular flexibility index (Phi) is 15.4. The molecule has 0 spiro atoms. The van der Waals surface area contributed by atoms with Gasteiger partial charge in [-0.1, -0.05) is 32.1 Å². The summed E-state index contributed by atoms with van der Waals surface area (Å²) in [5.74, 6) is 1.99. The first-order valence-corrected chi connectivity index (χ1v) is 22.3. The summed E-state index contributed by atoms with van der Waals surface area (Å²) >= 11 is 0. The van der Waals surface area contributed by atoms with Crippen molar-refractivity contribution < 1.29 is 23.9 Å². The fraction of sp³-hybridized carbons (Fsp3) is 0.651. The lowest BCUT2D eigenvalue weighted by Crippen LogP contribution is -2.73. The molecule has 5 aliphatic rings. The summed E-state index contributed by atoms with van der Waals surface area (Å²) in [7, 11) is 0. The summed E-state index contributed by atoms with van der Waals surface area (Å²) in [6.07, 6.45) is 11.7. The molecule has 5 amide bonds. The summed E-state index contributed by atoms with van der Waals surface area (Å²) in [5.41, 5.74) is 8.86. The highest BCUT2D eigenvalue weighted by molar-refractivity contribution is 5.90. The molecule has 13 N–H and O–H groups in total. The Morgan fingerprint density at radius 1 is 0.817 bits per heavy atom. The van der Waals surface area contributed by atoms with Crippen LogP contribution in [0.5, 0.6) is 11.5 Å². The maximum atomic E-state index is 13.3. The lowest BCUT2D eigenvalue weighted by molar-refractivity contribution is -0.122. The fourth-order valence-electron chi connectivity index (χ4n) is 9.43. The maximum absolute atomic E-state index is 13.3. The molecule has 1 aliphatic carbocycles. The van der Waals surface area contributed by atoms with Gasteiger partial charge in [0.15, 0.2) is 0 Å². The molecular weight excluding hydrogens is 765 g/mol. The predicted molar refractivity (Wildman–Crippen MR) is 232 cm³/mol. The molecule has 17 heteroatoms. The van der Waals surface area contributed by atoms with Crippen molar-refractivity contribution in [2.75, 3.05) is 43.4 Å². The second-order valence-electron chi connectivity index (χ2n) is 17.4. The summed E-state index contributed by atoms with van der Waals surface area (Å²) in [5, 5.41) is 36.2. The van der Waals surface area contributed by atoms with Crippen LogP contribution in [0.15, 0.2) is 36.4 Å². The number of fused-ring (bicyclic) bond motifs is 2. The second-order valence-corrected chi connectivity index (χ2v) is 17.4. The third kappa shape index (κ3) is 12.4. The summed E-state index contributed by atoms with van der Waals surface area (Å²) in [6.45, 7) is 7.49. The number of hydrogen-bond donors (Lipinski definition) is 12. The number of urea groups is 2. The van der Waals surface area contributed by atoms with Crippen LogP contribution < -0.4 is 73.7 Å². The van der Waals surface area contributed by atoms with Crippen LogP contribution in [-0.4, -0.2) is 93.4 Å². The number of nitrogens with two attached hydrogens (primary N) is 1. The number of carbonyl (C=O) groups is 3. The monoisotopic (exact) mass is 833 g/mol. The van der Waals surface area contributed by atoms with E-state index in [9.17, 15) is 14.4 Å². The van der Waals surface area contributed by atoms with Crippen molar-refractivity contribution in [3.8, 4) is 11.5 Å². The van der Waals surface area contributed by atoms with Crippen LogP contribution in [-0.2, 0) is 17.6 Å². The first-order valence-electron chi connectivity index (χ1n) is 22.3. The minimum absolute atomic E-state index is 0.0678. The number of carbonyl (C=O) groups excluding carboxylic acids is 3. The van der Waals surface area contributed by atoms with Crippen LogP contribution in [0.2, 0.25) is 0 Å². The van der Waals surface area contributed by atoms with Crippen LogP contribution in [0.1, 0.15) is 95.6 Å². The molecule has 0 radical (unpaired) electrons. The molecule has 7 rings (SSSR count). The number of anilines is 2. The van der Waals surface area contributed by atoms with E-state index in [0.29, 0.717) is 44.3 Å². The number of rotatable bonds is 15. The third-order valence-corrected chi connectivity index (χ3v) is 12.5. The SMILES string of the molecule is CC1CC(NCCCN)NC(NC(=O)Nc2ccc3c(c2)CC(CC(=O)NCCNC2CC(C)(C4CCCCCCC4)NC(NC(=O)Nc4ccc5c(c4)CCO5)N2)O3)N1. The van der Waals surface area contributed by atoms with Crippen LogP contribution in [0.25, 0.3) is 0 Å². The Morgan fingerprint density at radius 3 is 2.27 bits per heavy atom. The van der Waals surface area contributed by atoms with E-state index in [2.05, 4.69) is 72.3 Å². The van der Waals surface area contributed by atoms with E-state index < -0.39 is 12.6 Å². The van der Waals surface area contributed by atoms with E-state index in [-0.39, 0.29) is 54.4 Å². The van der Waals surface area contributed by atoms with Crippen LogP contribution in [0.4, 0.5) is 21.0 Å². The molecule has 17 nitrogen and oxygen atoms in total. The Bertz CT molecular complexity index is 1760. The molecule has 330 valence electrons. The average Bonchev–Trinajstić information content (AvgIpc) is 3.82. The maximum Gasteiger partial charge on any atom is 0.321 e. The summed E-state index contributed by atoms with van der Waals surface area (Å²) in [6, 6.07) is 10.9. The van der Waals surface area contributed by atoms with Gasteiger partial charge in [-0.05, 0) is 112 Å². The molecule has 4 aliphatic heterocycles. The van der Waals surface area contributed by atoms with Gasteiger partial charge in [-0.15, -0.1) is 0 Å². The zero-order chi connectivity index (χ0) is 41.9. The van der Waals surface area contributed by atoms with E-state index in [0.717, 1.165) is 73.4 Å². The predicted octanol–water partition coefficient (Wildman–Crippen LogP) is 2.80. The minimum Gasteiger partial charge on any atom is -0.493 e. The highest BCUT2D eigenvalue weighted by Crippen LogP contribution is 2.36. The fourth-order valence-corrected chi connectivity index (χ4v) is 9.43. The first-order chi connectivity index (χ1) is 29.1. The summed E-state index contributed by atoms with van der Waals surface area (Å²) < 4.78 is 11.7. The molecular formula is C43H68N12O5. The normalized spacial score (nSPS) is 27.9. The Balaban J connectivity index is 0.851. The lowest BCUT2D eigenvalue weighted by Gasteiger charge is -2.49. The molecule has 7 unspecified atom stereocenters. The molecule has 0 bridgehead atoms. The Morgan fingerprint density at radius 2 is 1.50 bits per heavy atom. The van der Waals surface area contributed by atoms with E-state index >= 15 is 0 Å². The molecule has 0 aromatic heterocycles. The quantitative estimate of drug-likeness (QED) is 0.116. The zero-order valence-corrected chi connectivity index (χ0v) is 35.4. The number of nitrogens with one attached hydrogen (secondary N) is 11. The van der Waals surface area contributed by atoms with Crippen molar-refractivity contribution in [3.05, 3.63) is 47.5 Å². The van der Waals surface area contributed by atoms with Gasteiger partial charge >= 0.3 is 12.1 Å². The third-order valence-electron chi connectivity index (χ3n) is 12.5. The molecule has 2 aromatic carbocycles. The second kappa shape index (κ2) is 21.0. The van der Waals surface area contributed by atoms with E-state index in [1.54, 1.807) is 0 Å². The van der Waals surface area contributed by atoms with E-state index in [1.165, 1.54) is 32.1 Å². The van der Waals surface area contributed by atoms with Gasteiger partial charge < -0.3 is 47.1 Å². The van der Waals surface area contributed by atoms with Gasteiger partial charge in [0.05, 0.1) is 25.4 Å². The number of hydrogen-bond acceptors (Lipinski definition) is 12. The van der Waals surface area contributed by atoms with Gasteiger partial charge in [-0.3, -0.25) is 31.4 Å². The number of benzene rings is 2. The number of amides is 5. The van der Waals surface area contributed by atoms with Crippen molar-refractivity contribution in [1.82, 2.24) is 47.9 Å². The van der Waals surface area contributed by atoms with Crippen LogP contribution in [0, 0.1) is 5.92 Å². The number of ether oxygens (including phenoxy) is 2. The average molecular weight is 833 g/mol. The van der Waals surface area contributed by atoms with E-state index in [1.807, 2.05) is 36.4 Å². The van der Waals surface area contributed by atoms with Crippen molar-refractivity contribution in [3.63, 3.8) is 0 Å². The van der Waals surface area contributed by atoms with Gasteiger partial charge in [0.25, 0.3) is 0 Å². The molecule has 4 heterocycles. The topological polar surface area (TPSA) is 228 Å². The zero-order valence-electron chi connectivity index (χ0n) is 35.4. The van der Waals surface area contributed by atoms with Crippen molar-refractivity contribution in [1.29, 1.82) is 0 Å². The molecule has 3 fully saturated rings. The van der Waals surface area contributed by atoms with Crippen LogP contribution >= 0.6 is 0 Å². The first kappa shape index (κ1) is 43.8. The largest absolute Gasteiger partial charge is 0.493 e. The van der Waals surface area contributed by atoms with Gasteiger partial charge in [0, 0.05) is 48.9 Å². The molecule has 2 aromatic rings. The minimum atomic E-state index is -0.457. The Labute approximate surface area is 354 Å². The smallest absolute Gasteiger partial charge is 0.321 e. The molecule has 60 heavy (non-hydrogen) atoms. The standard InChI is InChI=1S/C43H68N12O5/c1-27-21-36(45-17-8-16-44)51-39(48-27)53-41(57)50-32-12-14-35-29(23-32)24-33(60-35)25-38(56)47-19-18-46-37-26-43(2,30-9-6-4-3-5-7-10-30)55-40(52-37)54-42(58)49-31-11-13-34-28(22-31)15-20-59-34/h11-14,22-23,27,30,33,36-37,39-40,45-46,48,51-52,55H,3-10,15-21,24-26,44H2,1-2H3,(H,47,56)(H2,49,54,58)(H2,50,53,57). The lowest BCUT2D eigenvalue weighted by atomic mass is 9.74. The van der Waals surface area contributed by atoms with Gasteiger partial charge in [-0.25, -0.2) is 9.59 Å². The van der Waals surface area contributed by atoms with Crippen LogP contribution in [0.3, 0.4) is 0 Å².